The summed E-state index contributed by atoms with van der Waals surface area (Å²) in [6.07, 6.45) is 0.420. The second-order valence-corrected chi connectivity index (χ2v) is 3.23. The highest BCUT2D eigenvalue weighted by Crippen LogP contribution is 2.10. The molecule has 0 aromatic heterocycles. The summed E-state index contributed by atoms with van der Waals surface area (Å²) < 4.78 is 4.86. The van der Waals surface area contributed by atoms with Crippen LogP contribution in [-0.4, -0.2) is 26.2 Å². The van der Waals surface area contributed by atoms with Crippen LogP contribution in [0.5, 0.6) is 0 Å². The second-order valence-electron chi connectivity index (χ2n) is 3.23. The summed E-state index contributed by atoms with van der Waals surface area (Å²) in [4.78, 5) is 13.1. The van der Waals surface area contributed by atoms with Crippen LogP contribution in [0.4, 0.5) is 5.69 Å². The van der Waals surface area contributed by atoms with Gasteiger partial charge in [0.15, 0.2) is 0 Å². The molecule has 1 aromatic rings. The molecule has 0 spiro atoms. The van der Waals surface area contributed by atoms with E-state index in [2.05, 4.69) is 6.07 Å². The molecule has 1 rings (SSSR count). The third kappa shape index (κ3) is 4.02. The average Bonchev–Trinajstić information content (AvgIpc) is 2.27. The number of benzene rings is 1. The van der Waals surface area contributed by atoms with E-state index >= 15 is 0 Å². The Labute approximate surface area is 90.7 Å². The van der Waals surface area contributed by atoms with E-state index in [1.165, 1.54) is 0 Å². The highest BCUT2D eigenvalue weighted by molar-refractivity contribution is 5.70. The molecule has 1 radical (unpaired) electrons. The van der Waals surface area contributed by atoms with Crippen molar-refractivity contribution >= 4 is 11.7 Å². The number of nitrogens with zero attached hydrogens (tertiary/aromatic N) is 1. The average molecular weight is 206 g/mol. The van der Waals surface area contributed by atoms with Gasteiger partial charge in [-0.25, -0.2) is 0 Å². The van der Waals surface area contributed by atoms with Gasteiger partial charge in [-0.1, -0.05) is 12.1 Å². The molecule has 0 aliphatic heterocycles. The first-order chi connectivity index (χ1) is 7.24. The Kier molecular flexibility index (Phi) is 4.68. The lowest BCUT2D eigenvalue weighted by atomic mass is 10.3. The number of hydrogen-bond donors (Lipinski definition) is 0. The highest BCUT2D eigenvalue weighted by atomic mass is 16.5. The summed E-state index contributed by atoms with van der Waals surface area (Å²) in [5, 5.41) is 0. The van der Waals surface area contributed by atoms with Crippen molar-refractivity contribution in [1.29, 1.82) is 0 Å². The summed E-state index contributed by atoms with van der Waals surface area (Å²) in [7, 11) is 1.95. The first-order valence-corrected chi connectivity index (χ1v) is 5.07. The van der Waals surface area contributed by atoms with Crippen LogP contribution < -0.4 is 4.90 Å². The fourth-order valence-electron chi connectivity index (χ4n) is 1.25. The SMILES string of the molecule is CCOC(=O)CCN(C)c1cc[c]cc1. The predicted octanol–water partition coefficient (Wildman–Crippen LogP) is 1.88. The molecule has 15 heavy (non-hydrogen) atoms. The minimum Gasteiger partial charge on any atom is -0.466 e. The Morgan fingerprint density at radius 3 is 2.73 bits per heavy atom. The molecule has 0 amide bonds. The van der Waals surface area contributed by atoms with Gasteiger partial charge < -0.3 is 9.64 Å². The van der Waals surface area contributed by atoms with Crippen LogP contribution in [0.2, 0.25) is 0 Å². The number of anilines is 1. The molecule has 0 aliphatic carbocycles. The lowest BCUT2D eigenvalue weighted by Crippen LogP contribution is -2.21. The highest BCUT2D eigenvalue weighted by Gasteiger charge is 2.04. The Balaban J connectivity index is 2.37. The zero-order valence-electron chi connectivity index (χ0n) is 9.19. The zero-order valence-corrected chi connectivity index (χ0v) is 9.19. The fraction of sp³-hybridized carbons (Fsp3) is 0.417. The van der Waals surface area contributed by atoms with Gasteiger partial charge in [0.25, 0.3) is 0 Å². The van der Waals surface area contributed by atoms with Gasteiger partial charge in [-0.15, -0.1) is 0 Å². The van der Waals surface area contributed by atoms with Crippen molar-refractivity contribution in [3.63, 3.8) is 0 Å². The quantitative estimate of drug-likeness (QED) is 0.689. The number of rotatable bonds is 5. The number of esters is 1. The first-order valence-electron chi connectivity index (χ1n) is 5.07. The van der Waals surface area contributed by atoms with Gasteiger partial charge >= 0.3 is 5.97 Å². The van der Waals surface area contributed by atoms with Crippen molar-refractivity contribution in [3.05, 3.63) is 30.3 Å². The summed E-state index contributed by atoms with van der Waals surface area (Å²) >= 11 is 0. The van der Waals surface area contributed by atoms with E-state index in [0.29, 0.717) is 19.6 Å². The van der Waals surface area contributed by atoms with E-state index in [1.807, 2.05) is 43.1 Å². The van der Waals surface area contributed by atoms with Crippen LogP contribution in [-0.2, 0) is 9.53 Å². The topological polar surface area (TPSA) is 29.5 Å². The van der Waals surface area contributed by atoms with Crippen LogP contribution in [0, 0.1) is 6.07 Å². The Hall–Kier alpha value is -1.51. The molecule has 81 valence electrons. The lowest BCUT2D eigenvalue weighted by molar-refractivity contribution is -0.142. The molecule has 0 heterocycles. The third-order valence-electron chi connectivity index (χ3n) is 2.10. The molecule has 3 nitrogen and oxygen atoms in total. The molecule has 0 aliphatic rings. The number of carbonyl (C=O) groups is 1. The molecule has 1 aromatic carbocycles. The van der Waals surface area contributed by atoms with Gasteiger partial charge in [-0.2, -0.15) is 0 Å². The molecule has 3 heteroatoms. The van der Waals surface area contributed by atoms with Crippen LogP contribution >= 0.6 is 0 Å². The minimum atomic E-state index is -0.146. The lowest BCUT2D eigenvalue weighted by Gasteiger charge is -2.18. The largest absolute Gasteiger partial charge is 0.466 e. The maximum absolute atomic E-state index is 11.1. The zero-order chi connectivity index (χ0) is 11.1. The minimum absolute atomic E-state index is 0.146. The number of hydrogen-bond acceptors (Lipinski definition) is 3. The van der Waals surface area contributed by atoms with E-state index in [4.69, 9.17) is 4.74 Å². The summed E-state index contributed by atoms with van der Waals surface area (Å²) in [6, 6.07) is 10.6. The van der Waals surface area contributed by atoms with E-state index < -0.39 is 0 Å². The Morgan fingerprint density at radius 2 is 2.13 bits per heavy atom. The fourth-order valence-corrected chi connectivity index (χ4v) is 1.25. The first kappa shape index (κ1) is 11.6. The van der Waals surface area contributed by atoms with Gasteiger partial charge in [0.05, 0.1) is 13.0 Å². The van der Waals surface area contributed by atoms with Crippen molar-refractivity contribution in [2.75, 3.05) is 25.1 Å². The molecule has 0 saturated heterocycles. The van der Waals surface area contributed by atoms with E-state index in [0.717, 1.165) is 5.69 Å². The summed E-state index contributed by atoms with van der Waals surface area (Å²) in [6.45, 7) is 2.93. The smallest absolute Gasteiger partial charge is 0.307 e. The molecular formula is C12H16NO2. The Morgan fingerprint density at radius 1 is 1.47 bits per heavy atom. The second kappa shape index (κ2) is 6.06. The van der Waals surface area contributed by atoms with Gasteiger partial charge in [0.2, 0.25) is 0 Å². The summed E-state index contributed by atoms with van der Waals surface area (Å²) in [5.41, 5.74) is 1.08. The Bertz CT molecular complexity index is 298. The standard InChI is InChI=1S/C12H16NO2/c1-3-15-12(14)9-10-13(2)11-7-5-4-6-8-11/h5-8H,3,9-10H2,1-2H3. The number of carbonyl (C=O) groups excluding carboxylic acids is 1. The molecule has 0 fully saturated rings. The van der Waals surface area contributed by atoms with Crippen LogP contribution in [0.25, 0.3) is 0 Å². The predicted molar refractivity (Wildman–Crippen MR) is 59.8 cm³/mol. The van der Waals surface area contributed by atoms with E-state index in [1.54, 1.807) is 0 Å². The van der Waals surface area contributed by atoms with Gasteiger partial charge in [-0.3, -0.25) is 4.79 Å². The van der Waals surface area contributed by atoms with Crippen LogP contribution in [0.1, 0.15) is 13.3 Å². The molecule has 0 bridgehead atoms. The van der Waals surface area contributed by atoms with Crippen LogP contribution in [0.15, 0.2) is 24.3 Å². The maximum Gasteiger partial charge on any atom is 0.307 e. The van der Waals surface area contributed by atoms with Gasteiger partial charge in [0.1, 0.15) is 0 Å². The van der Waals surface area contributed by atoms with E-state index in [-0.39, 0.29) is 5.97 Å². The van der Waals surface area contributed by atoms with Crippen molar-refractivity contribution in [3.8, 4) is 0 Å². The number of ether oxygens (including phenoxy) is 1. The van der Waals surface area contributed by atoms with Gasteiger partial charge in [0, 0.05) is 19.3 Å². The molecular weight excluding hydrogens is 190 g/mol. The molecule has 0 N–H and O–H groups in total. The van der Waals surface area contributed by atoms with Crippen LogP contribution in [0.3, 0.4) is 0 Å². The van der Waals surface area contributed by atoms with E-state index in [9.17, 15) is 4.79 Å². The summed E-state index contributed by atoms with van der Waals surface area (Å²) in [5.74, 6) is -0.146. The third-order valence-corrected chi connectivity index (χ3v) is 2.10. The molecule has 0 saturated carbocycles. The van der Waals surface area contributed by atoms with Crippen molar-refractivity contribution < 1.29 is 9.53 Å². The molecule has 0 unspecified atom stereocenters. The molecule has 0 atom stereocenters. The maximum atomic E-state index is 11.1. The normalized spacial score (nSPS) is 9.73. The van der Waals surface area contributed by atoms with Gasteiger partial charge in [-0.05, 0) is 25.1 Å². The van der Waals surface area contributed by atoms with Crippen molar-refractivity contribution in [1.82, 2.24) is 0 Å². The van der Waals surface area contributed by atoms with Crippen molar-refractivity contribution in [2.24, 2.45) is 0 Å². The monoisotopic (exact) mass is 206 g/mol. The van der Waals surface area contributed by atoms with Crippen molar-refractivity contribution in [2.45, 2.75) is 13.3 Å².